The van der Waals surface area contributed by atoms with Gasteiger partial charge in [0.1, 0.15) is 17.3 Å². The number of nitrogens with zero attached hydrogens (tertiary/aromatic N) is 6. The van der Waals surface area contributed by atoms with Gasteiger partial charge in [-0.05, 0) is 25.1 Å². The highest BCUT2D eigenvalue weighted by molar-refractivity contribution is 5.98. The van der Waals surface area contributed by atoms with Gasteiger partial charge in [-0.3, -0.25) is 9.78 Å². The van der Waals surface area contributed by atoms with Crippen molar-refractivity contribution in [3.8, 4) is 0 Å². The number of hydrogen-bond donors (Lipinski definition) is 2. The first-order chi connectivity index (χ1) is 16.0. The Hall–Kier alpha value is -4.36. The van der Waals surface area contributed by atoms with Crippen LogP contribution in [0.5, 0.6) is 0 Å². The summed E-state index contributed by atoms with van der Waals surface area (Å²) in [6, 6.07) is 6.42. The summed E-state index contributed by atoms with van der Waals surface area (Å²) in [7, 11) is 0. The Kier molecular flexibility index (Phi) is 5.16. The van der Waals surface area contributed by atoms with E-state index in [1.807, 2.05) is 6.92 Å². The molecule has 0 fully saturated rings. The highest BCUT2D eigenvalue weighted by Crippen LogP contribution is 2.32. The molecule has 0 saturated heterocycles. The molecule has 0 radical (unpaired) electrons. The summed E-state index contributed by atoms with van der Waals surface area (Å²) in [6.07, 6.45) is 4.78. The molecule has 164 valence electrons. The van der Waals surface area contributed by atoms with Gasteiger partial charge in [-0.15, -0.1) is 0 Å². The number of carbonyl (C=O) groups excluding carboxylic acids is 1. The minimum absolute atomic E-state index is 0.211. The van der Waals surface area contributed by atoms with Crippen molar-refractivity contribution < 1.29 is 9.53 Å². The average molecular weight is 440 g/mol. The molecule has 5 rings (SSSR count). The van der Waals surface area contributed by atoms with Gasteiger partial charge in [0.2, 0.25) is 5.69 Å². The number of amides is 1. The van der Waals surface area contributed by atoms with E-state index in [1.54, 1.807) is 41.6 Å². The highest BCUT2D eigenvalue weighted by atomic mass is 16.5. The Balaban J connectivity index is 1.54. The van der Waals surface area contributed by atoms with E-state index in [1.165, 1.54) is 6.20 Å². The number of nitrogens with one attached hydrogen (secondary N) is 1. The molecular weight excluding hydrogens is 420 g/mol. The lowest BCUT2D eigenvalue weighted by atomic mass is 10.1. The number of aromatic amines is 1. The van der Waals surface area contributed by atoms with Gasteiger partial charge < -0.3 is 20.4 Å². The lowest BCUT2D eigenvalue weighted by Gasteiger charge is -2.27. The number of fused-ring (bicyclic) bond motifs is 3. The molecule has 0 spiro atoms. The molecule has 1 atom stereocenters. The van der Waals surface area contributed by atoms with Gasteiger partial charge in [-0.2, -0.15) is 0 Å². The maximum atomic E-state index is 13.7. The van der Waals surface area contributed by atoms with E-state index in [0.717, 1.165) is 16.6 Å². The van der Waals surface area contributed by atoms with E-state index in [4.69, 9.17) is 17.0 Å². The minimum atomic E-state index is -0.431. The molecule has 0 aliphatic carbocycles. The molecule has 0 saturated carbocycles. The molecule has 3 N–H and O–H groups in total. The van der Waals surface area contributed by atoms with Gasteiger partial charge in [-0.25, -0.2) is 19.8 Å². The SMILES string of the molecule is [C-]#[N+]c1ccc(CN(C(=O)c2cc3nc(N)c4c(c3[nH]2)COC4)[C@H](C)c2ncccn2)nc1. The van der Waals surface area contributed by atoms with Crippen LogP contribution in [0.2, 0.25) is 0 Å². The number of ether oxygens (including phenoxy) is 1. The average Bonchev–Trinajstić information content (AvgIpc) is 3.50. The zero-order chi connectivity index (χ0) is 22.9. The normalized spacial score (nSPS) is 13.5. The summed E-state index contributed by atoms with van der Waals surface area (Å²) >= 11 is 0. The lowest BCUT2D eigenvalue weighted by Crippen LogP contribution is -2.34. The number of aromatic nitrogens is 5. The van der Waals surface area contributed by atoms with Gasteiger partial charge in [0.05, 0.1) is 49.1 Å². The summed E-state index contributed by atoms with van der Waals surface area (Å²) in [4.78, 5) is 39.4. The van der Waals surface area contributed by atoms with E-state index >= 15 is 0 Å². The second-order valence-electron chi connectivity index (χ2n) is 7.73. The van der Waals surface area contributed by atoms with Crippen molar-refractivity contribution in [2.45, 2.75) is 32.7 Å². The summed E-state index contributed by atoms with van der Waals surface area (Å²) in [5.41, 5.74) is 10.7. The predicted molar refractivity (Wildman–Crippen MR) is 120 cm³/mol. The van der Waals surface area contributed by atoms with Gasteiger partial charge in [0, 0.05) is 29.7 Å². The molecule has 1 aliphatic heterocycles. The molecule has 33 heavy (non-hydrogen) atoms. The summed E-state index contributed by atoms with van der Waals surface area (Å²) in [5.74, 6) is 0.673. The Morgan fingerprint density at radius 3 is 2.79 bits per heavy atom. The monoisotopic (exact) mass is 440 g/mol. The molecular formula is C23H20N8O2. The first kappa shape index (κ1) is 20.5. The van der Waals surface area contributed by atoms with Crippen molar-refractivity contribution in [1.82, 2.24) is 29.8 Å². The smallest absolute Gasteiger partial charge is 0.271 e. The Morgan fingerprint density at radius 2 is 2.06 bits per heavy atom. The number of rotatable bonds is 5. The van der Waals surface area contributed by atoms with Crippen molar-refractivity contribution >= 4 is 28.4 Å². The fourth-order valence-corrected chi connectivity index (χ4v) is 3.91. The first-order valence-electron chi connectivity index (χ1n) is 10.3. The van der Waals surface area contributed by atoms with Crippen LogP contribution in [0.1, 0.15) is 46.1 Å². The standard InChI is InChI=1S/C23H20N8O2/c1-13(22-26-6-3-7-27-22)31(10-15-5-4-14(25-2)9-28-15)23(32)19-8-18-20(29-19)16-11-33-12-17(16)21(24)30-18/h3-9,13,29H,10-12H2,1H3,(H2,24,30)/t13-/m1/s1. The Labute approximate surface area is 189 Å². The molecule has 10 heteroatoms. The predicted octanol–water partition coefficient (Wildman–Crippen LogP) is 3.31. The van der Waals surface area contributed by atoms with Crippen LogP contribution < -0.4 is 5.73 Å². The van der Waals surface area contributed by atoms with Crippen LogP contribution in [-0.4, -0.2) is 35.7 Å². The second-order valence-corrected chi connectivity index (χ2v) is 7.73. The fourth-order valence-electron chi connectivity index (χ4n) is 3.91. The van der Waals surface area contributed by atoms with Crippen LogP contribution in [-0.2, 0) is 24.5 Å². The van der Waals surface area contributed by atoms with Crippen LogP contribution in [0.25, 0.3) is 15.9 Å². The molecule has 4 aromatic heterocycles. The number of anilines is 1. The second kappa shape index (κ2) is 8.29. The number of nitrogen functional groups attached to an aromatic ring is 1. The van der Waals surface area contributed by atoms with Crippen LogP contribution >= 0.6 is 0 Å². The largest absolute Gasteiger partial charge is 0.383 e. The minimum Gasteiger partial charge on any atom is -0.383 e. The third kappa shape index (κ3) is 3.75. The third-order valence-electron chi connectivity index (χ3n) is 5.69. The number of carbonyl (C=O) groups is 1. The molecule has 0 unspecified atom stereocenters. The lowest BCUT2D eigenvalue weighted by molar-refractivity contribution is 0.0658. The Morgan fingerprint density at radius 1 is 1.27 bits per heavy atom. The van der Waals surface area contributed by atoms with Gasteiger partial charge in [0.15, 0.2) is 0 Å². The molecule has 1 aliphatic rings. The number of H-pyrrole nitrogens is 1. The van der Waals surface area contributed by atoms with E-state index in [2.05, 4.69) is 29.8 Å². The molecule has 0 bridgehead atoms. The third-order valence-corrected chi connectivity index (χ3v) is 5.69. The van der Waals surface area contributed by atoms with E-state index in [0.29, 0.717) is 47.4 Å². The van der Waals surface area contributed by atoms with Gasteiger partial charge in [0.25, 0.3) is 5.91 Å². The maximum absolute atomic E-state index is 13.7. The summed E-state index contributed by atoms with van der Waals surface area (Å²) in [5, 5.41) is 0. The van der Waals surface area contributed by atoms with Crippen molar-refractivity contribution in [3.05, 3.63) is 82.6 Å². The van der Waals surface area contributed by atoms with Crippen molar-refractivity contribution in [3.63, 3.8) is 0 Å². The molecule has 10 nitrogen and oxygen atoms in total. The quantitative estimate of drug-likeness (QED) is 0.456. The van der Waals surface area contributed by atoms with E-state index < -0.39 is 6.04 Å². The molecule has 0 aromatic carbocycles. The van der Waals surface area contributed by atoms with Crippen molar-refractivity contribution in [1.29, 1.82) is 0 Å². The number of pyridine rings is 2. The van der Waals surface area contributed by atoms with Crippen molar-refractivity contribution in [2.75, 3.05) is 5.73 Å². The fraction of sp³-hybridized carbons (Fsp3) is 0.217. The maximum Gasteiger partial charge on any atom is 0.271 e. The molecule has 1 amide bonds. The summed E-state index contributed by atoms with van der Waals surface area (Å²) in [6.45, 7) is 10.0. The topological polar surface area (TPSA) is 127 Å². The summed E-state index contributed by atoms with van der Waals surface area (Å²) < 4.78 is 5.53. The Bertz CT molecular complexity index is 1380. The van der Waals surface area contributed by atoms with Crippen molar-refractivity contribution in [2.24, 2.45) is 0 Å². The highest BCUT2D eigenvalue weighted by Gasteiger charge is 2.28. The van der Waals surface area contributed by atoms with Crippen LogP contribution in [0.3, 0.4) is 0 Å². The first-order valence-corrected chi connectivity index (χ1v) is 10.3. The van der Waals surface area contributed by atoms with Crippen LogP contribution in [0.4, 0.5) is 11.5 Å². The van der Waals surface area contributed by atoms with Gasteiger partial charge >= 0.3 is 0 Å². The van der Waals surface area contributed by atoms with Crippen LogP contribution in [0, 0.1) is 6.57 Å². The van der Waals surface area contributed by atoms with Gasteiger partial charge in [-0.1, -0.05) is 6.07 Å². The van der Waals surface area contributed by atoms with E-state index in [9.17, 15) is 4.79 Å². The van der Waals surface area contributed by atoms with Crippen LogP contribution in [0.15, 0.2) is 42.9 Å². The zero-order valence-electron chi connectivity index (χ0n) is 17.8. The zero-order valence-corrected chi connectivity index (χ0v) is 17.8. The number of nitrogens with two attached hydrogens (primary N) is 1. The molecule has 5 heterocycles. The number of hydrogen-bond acceptors (Lipinski definition) is 7. The van der Waals surface area contributed by atoms with E-state index in [-0.39, 0.29) is 12.5 Å². The molecule has 4 aromatic rings.